The van der Waals surface area contributed by atoms with Crippen LogP contribution in [0.1, 0.15) is 30.1 Å². The normalized spacial score (nSPS) is 10.4. The summed E-state index contributed by atoms with van der Waals surface area (Å²) < 4.78 is 6.30. The monoisotopic (exact) mass is 291 g/mol. The quantitative estimate of drug-likeness (QED) is 0.620. The minimum Gasteiger partial charge on any atom is -0.462 e. The highest BCUT2D eigenvalue weighted by molar-refractivity contribution is 7.17. The van der Waals surface area contributed by atoms with Gasteiger partial charge in [-0.1, -0.05) is 13.3 Å². The average Bonchev–Trinajstić information content (AvgIpc) is 2.87. The van der Waals surface area contributed by atoms with E-state index in [-0.39, 0.29) is 23.1 Å². The number of hydrogen-bond acceptors (Lipinski definition) is 6. The summed E-state index contributed by atoms with van der Waals surface area (Å²) in [6.07, 6.45) is 3.02. The first-order chi connectivity index (χ1) is 9.69. The number of unbranched alkanes of at least 4 members (excludes halogenated alkanes) is 1. The predicted octanol–water partition coefficient (Wildman–Crippen LogP) is 1.94. The molecular weight excluding hydrogens is 278 g/mol. The zero-order chi connectivity index (χ0) is 14.5. The molecule has 0 aliphatic heterocycles. The fraction of sp³-hybridized carbons (Fsp3) is 0.385. The van der Waals surface area contributed by atoms with E-state index in [4.69, 9.17) is 10.00 Å². The Hall–Kier alpha value is -2.20. The molecule has 0 radical (unpaired) electrons. The van der Waals surface area contributed by atoms with E-state index in [0.29, 0.717) is 11.4 Å². The molecular formula is C13H13N3O3S. The van der Waals surface area contributed by atoms with E-state index < -0.39 is 5.97 Å². The van der Waals surface area contributed by atoms with E-state index in [0.717, 1.165) is 12.8 Å². The van der Waals surface area contributed by atoms with Crippen LogP contribution < -0.4 is 5.56 Å². The lowest BCUT2D eigenvalue weighted by atomic mass is 10.2. The van der Waals surface area contributed by atoms with Crippen LogP contribution in [-0.2, 0) is 11.3 Å². The molecule has 2 aromatic heterocycles. The molecule has 104 valence electrons. The van der Waals surface area contributed by atoms with E-state index in [1.165, 1.54) is 22.2 Å². The molecule has 6 nitrogen and oxygen atoms in total. The number of hydrogen-bond donors (Lipinski definition) is 0. The van der Waals surface area contributed by atoms with Gasteiger partial charge in [0.25, 0.3) is 5.56 Å². The van der Waals surface area contributed by atoms with Gasteiger partial charge in [-0.05, 0) is 6.42 Å². The van der Waals surface area contributed by atoms with Gasteiger partial charge in [0, 0.05) is 5.38 Å². The first kappa shape index (κ1) is 14.2. The van der Waals surface area contributed by atoms with Crippen LogP contribution in [0.15, 0.2) is 16.5 Å². The molecule has 0 unspecified atom stereocenters. The summed E-state index contributed by atoms with van der Waals surface area (Å²) in [5.41, 5.74) is -0.161. The highest BCUT2D eigenvalue weighted by Crippen LogP contribution is 2.21. The Bertz CT molecular complexity index is 727. The van der Waals surface area contributed by atoms with Crippen molar-refractivity contribution in [3.05, 3.63) is 27.6 Å². The molecule has 0 N–H and O–H groups in total. The number of ether oxygens (including phenoxy) is 1. The fourth-order valence-corrected chi connectivity index (χ4v) is 2.56. The zero-order valence-electron chi connectivity index (χ0n) is 11.0. The smallest absolute Gasteiger partial charge is 0.339 e. The SMILES string of the molecule is CCCCOC(=O)c1csc2ncn(CC#N)c(=O)c12. The second kappa shape index (κ2) is 6.30. The summed E-state index contributed by atoms with van der Waals surface area (Å²) in [4.78, 5) is 28.7. The number of nitrogens with zero attached hydrogens (tertiary/aromatic N) is 3. The van der Waals surface area contributed by atoms with Gasteiger partial charge in [0.1, 0.15) is 17.7 Å². The molecule has 0 saturated heterocycles. The number of fused-ring (bicyclic) bond motifs is 1. The van der Waals surface area contributed by atoms with Crippen molar-refractivity contribution in [3.63, 3.8) is 0 Å². The molecule has 20 heavy (non-hydrogen) atoms. The summed E-state index contributed by atoms with van der Waals surface area (Å²) in [5.74, 6) is -0.515. The van der Waals surface area contributed by atoms with E-state index in [1.54, 1.807) is 5.38 Å². The van der Waals surface area contributed by atoms with Gasteiger partial charge in [0.2, 0.25) is 0 Å². The molecule has 0 aliphatic rings. The Morgan fingerprint density at radius 2 is 2.40 bits per heavy atom. The molecule has 0 saturated carbocycles. The second-order valence-electron chi connectivity index (χ2n) is 4.15. The van der Waals surface area contributed by atoms with Crippen molar-refractivity contribution in [3.8, 4) is 6.07 Å². The number of carbonyl (C=O) groups is 1. The first-order valence-electron chi connectivity index (χ1n) is 6.19. The molecule has 2 rings (SSSR count). The van der Waals surface area contributed by atoms with Gasteiger partial charge in [-0.25, -0.2) is 9.78 Å². The highest BCUT2D eigenvalue weighted by Gasteiger charge is 2.18. The van der Waals surface area contributed by atoms with Crippen LogP contribution >= 0.6 is 11.3 Å². The van der Waals surface area contributed by atoms with Gasteiger partial charge in [-0.3, -0.25) is 9.36 Å². The summed E-state index contributed by atoms with van der Waals surface area (Å²) in [6, 6.07) is 1.88. The third kappa shape index (κ3) is 2.70. The van der Waals surface area contributed by atoms with Crippen molar-refractivity contribution in [2.45, 2.75) is 26.3 Å². The maximum absolute atomic E-state index is 12.2. The number of nitriles is 1. The molecule has 0 aliphatic carbocycles. The molecule has 0 aromatic carbocycles. The minimum atomic E-state index is -0.515. The summed E-state index contributed by atoms with van der Waals surface area (Å²) in [5, 5.41) is 10.5. The molecule has 7 heteroatoms. The van der Waals surface area contributed by atoms with Crippen molar-refractivity contribution in [2.24, 2.45) is 0 Å². The Morgan fingerprint density at radius 1 is 1.60 bits per heavy atom. The standard InChI is InChI=1S/C13H13N3O3S/c1-2-3-6-19-13(18)9-7-20-11-10(9)12(17)16(5-4-14)8-15-11/h7-8H,2-3,5-6H2,1H3. The number of aromatic nitrogens is 2. The van der Waals surface area contributed by atoms with E-state index in [2.05, 4.69) is 4.98 Å². The van der Waals surface area contributed by atoms with Gasteiger partial charge in [-0.15, -0.1) is 11.3 Å². The lowest BCUT2D eigenvalue weighted by Gasteiger charge is -2.03. The Kier molecular flexibility index (Phi) is 4.48. The third-order valence-corrected chi connectivity index (χ3v) is 3.64. The average molecular weight is 291 g/mol. The van der Waals surface area contributed by atoms with E-state index in [1.807, 2.05) is 13.0 Å². The van der Waals surface area contributed by atoms with Crippen molar-refractivity contribution in [1.29, 1.82) is 5.26 Å². The molecule has 2 heterocycles. The number of rotatable bonds is 5. The third-order valence-electron chi connectivity index (χ3n) is 2.75. The van der Waals surface area contributed by atoms with Gasteiger partial charge < -0.3 is 4.74 Å². The van der Waals surface area contributed by atoms with Crippen molar-refractivity contribution in [2.75, 3.05) is 6.61 Å². The maximum Gasteiger partial charge on any atom is 0.339 e. The molecule has 0 bridgehead atoms. The van der Waals surface area contributed by atoms with Crippen LogP contribution in [0.3, 0.4) is 0 Å². The van der Waals surface area contributed by atoms with Gasteiger partial charge in [0.05, 0.1) is 23.6 Å². The van der Waals surface area contributed by atoms with Crippen LogP contribution in [0.25, 0.3) is 10.2 Å². The molecule has 2 aromatic rings. The fourth-order valence-electron chi connectivity index (χ4n) is 1.69. The predicted molar refractivity (Wildman–Crippen MR) is 74.7 cm³/mol. The zero-order valence-corrected chi connectivity index (χ0v) is 11.8. The van der Waals surface area contributed by atoms with Crippen LogP contribution in [0.2, 0.25) is 0 Å². The van der Waals surface area contributed by atoms with E-state index in [9.17, 15) is 9.59 Å². The van der Waals surface area contributed by atoms with Crippen LogP contribution in [-0.4, -0.2) is 22.1 Å². The summed E-state index contributed by atoms with van der Waals surface area (Å²) in [7, 11) is 0. The lowest BCUT2D eigenvalue weighted by molar-refractivity contribution is 0.0502. The van der Waals surface area contributed by atoms with Crippen molar-refractivity contribution < 1.29 is 9.53 Å². The van der Waals surface area contributed by atoms with Crippen LogP contribution in [0.4, 0.5) is 0 Å². The number of carbonyl (C=O) groups excluding carboxylic acids is 1. The second-order valence-corrected chi connectivity index (χ2v) is 5.01. The largest absolute Gasteiger partial charge is 0.462 e. The highest BCUT2D eigenvalue weighted by atomic mass is 32.1. The van der Waals surface area contributed by atoms with Gasteiger partial charge >= 0.3 is 5.97 Å². The van der Waals surface area contributed by atoms with Gasteiger partial charge in [-0.2, -0.15) is 5.26 Å². The van der Waals surface area contributed by atoms with Crippen molar-refractivity contribution >= 4 is 27.5 Å². The Balaban J connectivity index is 2.40. The van der Waals surface area contributed by atoms with E-state index >= 15 is 0 Å². The lowest BCUT2D eigenvalue weighted by Crippen LogP contribution is -2.21. The molecule has 0 amide bonds. The number of thiophene rings is 1. The van der Waals surface area contributed by atoms with Gasteiger partial charge in [0.15, 0.2) is 0 Å². The Morgan fingerprint density at radius 3 is 3.10 bits per heavy atom. The summed E-state index contributed by atoms with van der Waals surface area (Å²) in [6.45, 7) is 2.24. The summed E-state index contributed by atoms with van der Waals surface area (Å²) >= 11 is 1.21. The topological polar surface area (TPSA) is 85.0 Å². The Labute approximate surface area is 119 Å². The molecule has 0 fully saturated rings. The number of esters is 1. The molecule has 0 spiro atoms. The molecule has 0 atom stereocenters. The van der Waals surface area contributed by atoms with Crippen LogP contribution in [0, 0.1) is 11.3 Å². The van der Waals surface area contributed by atoms with Crippen molar-refractivity contribution in [1.82, 2.24) is 9.55 Å². The maximum atomic E-state index is 12.2. The van der Waals surface area contributed by atoms with Crippen LogP contribution in [0.5, 0.6) is 0 Å². The first-order valence-corrected chi connectivity index (χ1v) is 7.07. The minimum absolute atomic E-state index is 0.0953.